The van der Waals surface area contributed by atoms with Gasteiger partial charge in [-0.15, -0.1) is 0 Å². The minimum atomic E-state index is -0.169. The van der Waals surface area contributed by atoms with E-state index in [1.165, 1.54) is 0 Å². The first kappa shape index (κ1) is 17.9. The Kier molecular flexibility index (Phi) is 5.13. The molecule has 2 aliphatic rings. The van der Waals surface area contributed by atoms with Crippen LogP contribution in [0.15, 0.2) is 24.3 Å². The van der Waals surface area contributed by atoms with Crippen LogP contribution in [0.3, 0.4) is 0 Å². The minimum Gasteiger partial charge on any atom is -0.371 e. The molecule has 0 saturated carbocycles. The standard InChI is InChI=1S/C20H28N2O3/c1-14(2)18(23)21-10-16-7-8-20(25-11-16)12-22(13-20)19(24)17-6-4-5-15(3)9-17/h4-6,9,14,16H,7-8,10-13H2,1-3H3,(H,21,23)/t16-/m1/s1. The molecule has 5 nitrogen and oxygen atoms in total. The fourth-order valence-corrected chi connectivity index (χ4v) is 3.53. The quantitative estimate of drug-likeness (QED) is 0.912. The number of hydrogen-bond donors (Lipinski definition) is 1. The van der Waals surface area contributed by atoms with Crippen LogP contribution in [0.25, 0.3) is 0 Å². The van der Waals surface area contributed by atoms with E-state index < -0.39 is 0 Å². The number of carbonyl (C=O) groups is 2. The van der Waals surface area contributed by atoms with Crippen molar-refractivity contribution in [3.8, 4) is 0 Å². The highest BCUT2D eigenvalue weighted by Gasteiger charge is 2.48. The van der Waals surface area contributed by atoms with Gasteiger partial charge in [0.1, 0.15) is 5.60 Å². The van der Waals surface area contributed by atoms with Crippen LogP contribution in [-0.2, 0) is 9.53 Å². The molecule has 2 saturated heterocycles. The topological polar surface area (TPSA) is 58.6 Å². The number of ether oxygens (including phenoxy) is 1. The molecule has 1 N–H and O–H groups in total. The van der Waals surface area contributed by atoms with Crippen molar-refractivity contribution < 1.29 is 14.3 Å². The number of amides is 2. The van der Waals surface area contributed by atoms with Crippen LogP contribution in [0.1, 0.15) is 42.6 Å². The van der Waals surface area contributed by atoms with E-state index in [9.17, 15) is 9.59 Å². The Morgan fingerprint density at radius 1 is 1.36 bits per heavy atom. The molecule has 5 heteroatoms. The number of nitrogens with one attached hydrogen (secondary N) is 1. The Labute approximate surface area is 149 Å². The van der Waals surface area contributed by atoms with Gasteiger partial charge in [0.2, 0.25) is 5.91 Å². The molecule has 1 spiro atoms. The summed E-state index contributed by atoms with van der Waals surface area (Å²) in [6.45, 7) is 8.47. The Balaban J connectivity index is 1.45. The Hall–Kier alpha value is -1.88. The molecule has 136 valence electrons. The molecular weight excluding hydrogens is 316 g/mol. The lowest BCUT2D eigenvalue weighted by Gasteiger charge is -2.52. The van der Waals surface area contributed by atoms with Crippen molar-refractivity contribution >= 4 is 11.8 Å². The van der Waals surface area contributed by atoms with Gasteiger partial charge in [-0.05, 0) is 37.8 Å². The van der Waals surface area contributed by atoms with Crippen molar-refractivity contribution in [2.24, 2.45) is 11.8 Å². The molecule has 0 radical (unpaired) electrons. The molecular formula is C20H28N2O3. The normalized spacial score (nSPS) is 21.9. The lowest BCUT2D eigenvalue weighted by Crippen LogP contribution is -2.66. The molecule has 2 fully saturated rings. The molecule has 1 atom stereocenters. The van der Waals surface area contributed by atoms with Crippen LogP contribution in [0.5, 0.6) is 0 Å². The van der Waals surface area contributed by atoms with Crippen LogP contribution >= 0.6 is 0 Å². The number of benzene rings is 1. The first-order valence-electron chi connectivity index (χ1n) is 9.16. The van der Waals surface area contributed by atoms with Gasteiger partial charge in [-0.3, -0.25) is 9.59 Å². The zero-order chi connectivity index (χ0) is 18.0. The van der Waals surface area contributed by atoms with Gasteiger partial charge in [0.05, 0.1) is 19.7 Å². The average molecular weight is 344 g/mol. The molecule has 25 heavy (non-hydrogen) atoms. The van der Waals surface area contributed by atoms with Crippen molar-refractivity contribution in [1.29, 1.82) is 0 Å². The summed E-state index contributed by atoms with van der Waals surface area (Å²) in [4.78, 5) is 26.1. The van der Waals surface area contributed by atoms with E-state index in [0.29, 0.717) is 32.2 Å². The second-order valence-electron chi connectivity index (χ2n) is 7.83. The monoisotopic (exact) mass is 344 g/mol. The van der Waals surface area contributed by atoms with Crippen molar-refractivity contribution in [1.82, 2.24) is 10.2 Å². The zero-order valence-corrected chi connectivity index (χ0v) is 15.4. The zero-order valence-electron chi connectivity index (χ0n) is 15.4. The van der Waals surface area contributed by atoms with Gasteiger partial charge in [0.25, 0.3) is 5.91 Å². The van der Waals surface area contributed by atoms with Crippen molar-refractivity contribution in [2.75, 3.05) is 26.2 Å². The number of aryl methyl sites for hydroxylation is 1. The molecule has 2 aliphatic heterocycles. The SMILES string of the molecule is Cc1cccc(C(=O)N2CC3(CC[C@H](CNC(=O)C(C)C)CO3)C2)c1. The third-order valence-corrected chi connectivity index (χ3v) is 5.23. The Morgan fingerprint density at radius 2 is 2.12 bits per heavy atom. The predicted molar refractivity (Wildman–Crippen MR) is 96.3 cm³/mol. The number of likely N-dealkylation sites (tertiary alicyclic amines) is 1. The summed E-state index contributed by atoms with van der Waals surface area (Å²) in [6, 6.07) is 7.72. The van der Waals surface area contributed by atoms with Gasteiger partial charge in [-0.1, -0.05) is 31.5 Å². The molecule has 1 aromatic carbocycles. The van der Waals surface area contributed by atoms with E-state index >= 15 is 0 Å². The van der Waals surface area contributed by atoms with Crippen molar-refractivity contribution in [3.05, 3.63) is 35.4 Å². The maximum absolute atomic E-state index is 12.5. The molecule has 0 bridgehead atoms. The maximum atomic E-state index is 12.5. The second kappa shape index (κ2) is 7.16. The summed E-state index contributed by atoms with van der Waals surface area (Å²) in [5.74, 6) is 0.571. The van der Waals surface area contributed by atoms with Crippen molar-refractivity contribution in [3.63, 3.8) is 0 Å². The average Bonchev–Trinajstić information content (AvgIpc) is 2.57. The van der Waals surface area contributed by atoms with Gasteiger partial charge >= 0.3 is 0 Å². The highest BCUT2D eigenvalue weighted by atomic mass is 16.5. The second-order valence-corrected chi connectivity index (χ2v) is 7.83. The molecule has 0 aliphatic carbocycles. The number of carbonyl (C=O) groups excluding carboxylic acids is 2. The Bertz CT molecular complexity index is 640. The first-order chi connectivity index (χ1) is 11.9. The molecule has 1 aromatic rings. The highest BCUT2D eigenvalue weighted by Crippen LogP contribution is 2.36. The smallest absolute Gasteiger partial charge is 0.254 e. The summed E-state index contributed by atoms with van der Waals surface area (Å²) >= 11 is 0. The fourth-order valence-electron chi connectivity index (χ4n) is 3.53. The lowest BCUT2D eigenvalue weighted by atomic mass is 9.82. The van der Waals surface area contributed by atoms with Gasteiger partial charge < -0.3 is 15.0 Å². The van der Waals surface area contributed by atoms with Gasteiger partial charge in [-0.2, -0.15) is 0 Å². The molecule has 0 unspecified atom stereocenters. The van der Waals surface area contributed by atoms with Gasteiger partial charge in [0.15, 0.2) is 0 Å². The molecule has 2 amide bonds. The minimum absolute atomic E-state index is 0.0173. The summed E-state index contributed by atoms with van der Waals surface area (Å²) in [6.07, 6.45) is 1.98. The number of rotatable bonds is 4. The van der Waals surface area contributed by atoms with Crippen LogP contribution in [0.4, 0.5) is 0 Å². The summed E-state index contributed by atoms with van der Waals surface area (Å²) in [5.41, 5.74) is 1.68. The van der Waals surface area contributed by atoms with E-state index in [0.717, 1.165) is 24.0 Å². The third kappa shape index (κ3) is 4.03. The van der Waals surface area contributed by atoms with E-state index in [1.807, 2.05) is 49.9 Å². The summed E-state index contributed by atoms with van der Waals surface area (Å²) in [5, 5.41) is 2.99. The lowest BCUT2D eigenvalue weighted by molar-refractivity contribution is -0.166. The van der Waals surface area contributed by atoms with Crippen LogP contribution < -0.4 is 5.32 Å². The van der Waals surface area contributed by atoms with E-state index in [2.05, 4.69) is 5.32 Å². The third-order valence-electron chi connectivity index (χ3n) is 5.23. The maximum Gasteiger partial charge on any atom is 0.254 e. The fraction of sp³-hybridized carbons (Fsp3) is 0.600. The highest BCUT2D eigenvalue weighted by molar-refractivity contribution is 5.95. The first-order valence-corrected chi connectivity index (χ1v) is 9.16. The molecule has 0 aromatic heterocycles. The van der Waals surface area contributed by atoms with Crippen molar-refractivity contribution in [2.45, 2.75) is 39.2 Å². The van der Waals surface area contributed by atoms with Crippen LogP contribution in [0.2, 0.25) is 0 Å². The van der Waals surface area contributed by atoms with E-state index in [4.69, 9.17) is 4.74 Å². The number of hydrogen-bond acceptors (Lipinski definition) is 3. The van der Waals surface area contributed by atoms with E-state index in [1.54, 1.807) is 0 Å². The van der Waals surface area contributed by atoms with Crippen LogP contribution in [-0.4, -0.2) is 48.6 Å². The van der Waals surface area contributed by atoms with Crippen LogP contribution in [0, 0.1) is 18.8 Å². The molecule has 3 rings (SSSR count). The van der Waals surface area contributed by atoms with Gasteiger partial charge in [0, 0.05) is 18.0 Å². The van der Waals surface area contributed by atoms with E-state index in [-0.39, 0.29) is 23.3 Å². The Morgan fingerprint density at radius 3 is 2.72 bits per heavy atom. The summed E-state index contributed by atoms with van der Waals surface area (Å²) < 4.78 is 6.10. The number of nitrogens with zero attached hydrogens (tertiary/aromatic N) is 1. The molecule has 2 heterocycles. The predicted octanol–water partition coefficient (Wildman–Crippen LogP) is 2.39. The largest absolute Gasteiger partial charge is 0.371 e. The summed E-state index contributed by atoms with van der Waals surface area (Å²) in [7, 11) is 0. The van der Waals surface area contributed by atoms with Gasteiger partial charge in [-0.25, -0.2) is 0 Å².